The number of amides is 2. The summed E-state index contributed by atoms with van der Waals surface area (Å²) in [7, 11) is 1.68. The third-order valence-corrected chi connectivity index (χ3v) is 4.68. The predicted molar refractivity (Wildman–Crippen MR) is 102 cm³/mol. The molecule has 1 aromatic heterocycles. The first-order valence-corrected chi connectivity index (χ1v) is 8.63. The highest BCUT2D eigenvalue weighted by molar-refractivity contribution is 5.92. The van der Waals surface area contributed by atoms with E-state index in [-0.39, 0.29) is 11.6 Å². The number of likely N-dealkylation sites (tertiary alicyclic amines) is 1. The van der Waals surface area contributed by atoms with Crippen molar-refractivity contribution in [1.82, 2.24) is 14.9 Å². The van der Waals surface area contributed by atoms with Gasteiger partial charge >= 0.3 is 0 Å². The molecule has 1 aliphatic rings. The normalized spacial score (nSPS) is 20.2. The van der Waals surface area contributed by atoms with E-state index in [2.05, 4.69) is 9.97 Å². The van der Waals surface area contributed by atoms with Crippen LogP contribution in [0, 0.1) is 6.92 Å². The average Bonchev–Trinajstić information content (AvgIpc) is 2.88. The van der Waals surface area contributed by atoms with Crippen LogP contribution < -0.4 is 5.73 Å². The summed E-state index contributed by atoms with van der Waals surface area (Å²) in [5.74, 6) is -0.514. The lowest BCUT2D eigenvalue weighted by Crippen LogP contribution is -2.36. The van der Waals surface area contributed by atoms with Gasteiger partial charge in [0.2, 0.25) is 0 Å². The Hall–Kier alpha value is -3.06. The van der Waals surface area contributed by atoms with Crippen molar-refractivity contribution in [3.63, 3.8) is 0 Å². The van der Waals surface area contributed by atoms with Crippen LogP contribution in [0.4, 0.5) is 0 Å². The molecular weight excluding hydrogens is 344 g/mol. The number of hydrogen-bond donors (Lipinski definition) is 2. The van der Waals surface area contributed by atoms with E-state index < -0.39 is 11.5 Å². The number of carbonyl (C=O) groups excluding carboxylic acids is 2. The molecule has 3 rings (SSSR count). The summed E-state index contributed by atoms with van der Waals surface area (Å²) in [5, 5.41) is 10.6. The highest BCUT2D eigenvalue weighted by atomic mass is 16.3. The zero-order valence-corrected chi connectivity index (χ0v) is 15.6. The van der Waals surface area contributed by atoms with Crippen LogP contribution in [0.25, 0.3) is 17.0 Å². The summed E-state index contributed by atoms with van der Waals surface area (Å²) < 4.78 is 0. The molecule has 2 aromatic rings. The Morgan fingerprint density at radius 2 is 2.07 bits per heavy atom. The number of aromatic nitrogens is 2. The lowest BCUT2D eigenvalue weighted by atomic mass is 9.95. The van der Waals surface area contributed by atoms with Gasteiger partial charge in [0, 0.05) is 31.3 Å². The van der Waals surface area contributed by atoms with Crippen LogP contribution in [0.15, 0.2) is 36.4 Å². The van der Waals surface area contributed by atoms with Crippen molar-refractivity contribution in [2.75, 3.05) is 13.6 Å². The number of carbonyl (C=O) groups is 2. The van der Waals surface area contributed by atoms with Crippen molar-refractivity contribution < 1.29 is 14.7 Å². The van der Waals surface area contributed by atoms with Gasteiger partial charge in [-0.1, -0.05) is 18.2 Å². The second kappa shape index (κ2) is 6.92. The topological polar surface area (TPSA) is 109 Å². The van der Waals surface area contributed by atoms with Crippen LogP contribution in [0.5, 0.6) is 0 Å². The van der Waals surface area contributed by atoms with Crippen molar-refractivity contribution >= 4 is 17.4 Å². The Balaban J connectivity index is 1.98. The van der Waals surface area contributed by atoms with Gasteiger partial charge in [-0.05, 0) is 43.2 Å². The molecule has 140 valence electrons. The fourth-order valence-electron chi connectivity index (χ4n) is 3.18. The monoisotopic (exact) mass is 366 g/mol. The molecule has 1 saturated heterocycles. The number of hydrogen-bond acceptors (Lipinski definition) is 5. The highest BCUT2D eigenvalue weighted by Crippen LogP contribution is 2.28. The van der Waals surface area contributed by atoms with Crippen LogP contribution in [0.2, 0.25) is 0 Å². The number of allylic oxidation sites excluding steroid dienone is 1. The first-order chi connectivity index (χ1) is 12.7. The molecule has 1 aliphatic heterocycles. The maximum Gasteiger partial charge on any atom is 0.267 e. The molecule has 1 atom stereocenters. The predicted octanol–water partition coefficient (Wildman–Crippen LogP) is 1.55. The van der Waals surface area contributed by atoms with Crippen LogP contribution in [0.3, 0.4) is 0 Å². The minimum atomic E-state index is -1.48. The molecule has 1 unspecified atom stereocenters. The summed E-state index contributed by atoms with van der Waals surface area (Å²) in [5.41, 5.74) is 6.97. The van der Waals surface area contributed by atoms with E-state index in [0.29, 0.717) is 30.0 Å². The van der Waals surface area contributed by atoms with Gasteiger partial charge in [-0.25, -0.2) is 9.97 Å². The standard InChI is InChI=1S/C20H22N4O3/c1-12(11-20(27)7-8-24(3)19(20)26)14-5-4-6-15(10-14)18-22-13(2)9-16(23-18)17(21)25/h4-6,9-11,27H,7-8H2,1-3H3,(H2,21,25). The van der Waals surface area contributed by atoms with E-state index in [1.54, 1.807) is 26.1 Å². The van der Waals surface area contributed by atoms with Crippen LogP contribution >= 0.6 is 0 Å². The Labute approximate surface area is 157 Å². The molecule has 2 heterocycles. The number of nitrogens with two attached hydrogens (primary N) is 1. The van der Waals surface area contributed by atoms with Crippen LogP contribution in [-0.2, 0) is 4.79 Å². The van der Waals surface area contributed by atoms with E-state index in [4.69, 9.17) is 5.73 Å². The molecule has 0 spiro atoms. The molecule has 0 radical (unpaired) electrons. The van der Waals surface area contributed by atoms with Crippen LogP contribution in [0.1, 0.15) is 35.1 Å². The molecule has 1 aromatic carbocycles. The van der Waals surface area contributed by atoms with Gasteiger partial charge in [0.1, 0.15) is 5.69 Å². The summed E-state index contributed by atoms with van der Waals surface area (Å²) in [4.78, 5) is 33.8. The van der Waals surface area contributed by atoms with E-state index in [0.717, 1.165) is 11.1 Å². The van der Waals surface area contributed by atoms with Gasteiger partial charge in [-0.15, -0.1) is 0 Å². The third kappa shape index (κ3) is 3.73. The van der Waals surface area contributed by atoms with Crippen molar-refractivity contribution in [3.05, 3.63) is 53.4 Å². The van der Waals surface area contributed by atoms with Crippen molar-refractivity contribution in [3.8, 4) is 11.4 Å². The molecule has 2 amide bonds. The molecule has 7 heteroatoms. The fraction of sp³-hybridized carbons (Fsp3) is 0.300. The second-order valence-electron chi connectivity index (χ2n) is 6.89. The third-order valence-electron chi connectivity index (χ3n) is 4.68. The summed E-state index contributed by atoms with van der Waals surface area (Å²) in [6, 6.07) is 8.95. The first-order valence-electron chi connectivity index (χ1n) is 8.63. The number of nitrogens with zero attached hydrogens (tertiary/aromatic N) is 3. The average molecular weight is 366 g/mol. The number of benzene rings is 1. The zero-order valence-electron chi connectivity index (χ0n) is 15.6. The maximum absolute atomic E-state index is 12.2. The van der Waals surface area contributed by atoms with Crippen molar-refractivity contribution in [2.24, 2.45) is 5.73 Å². The Bertz CT molecular complexity index is 954. The quantitative estimate of drug-likeness (QED) is 0.853. The molecular formula is C20H22N4O3. The van der Waals surface area contributed by atoms with E-state index >= 15 is 0 Å². The number of aryl methyl sites for hydroxylation is 1. The minimum Gasteiger partial charge on any atom is -0.376 e. The Morgan fingerprint density at radius 1 is 1.33 bits per heavy atom. The Morgan fingerprint density at radius 3 is 2.70 bits per heavy atom. The highest BCUT2D eigenvalue weighted by Gasteiger charge is 2.41. The number of likely N-dealkylation sites (N-methyl/N-ethyl adjacent to an activating group) is 1. The molecule has 27 heavy (non-hydrogen) atoms. The molecule has 0 aliphatic carbocycles. The molecule has 7 nitrogen and oxygen atoms in total. The van der Waals surface area contributed by atoms with E-state index in [9.17, 15) is 14.7 Å². The Kier molecular flexibility index (Phi) is 4.80. The van der Waals surface area contributed by atoms with Gasteiger partial charge in [-0.2, -0.15) is 0 Å². The van der Waals surface area contributed by atoms with E-state index in [1.807, 2.05) is 31.2 Å². The lowest BCUT2D eigenvalue weighted by Gasteiger charge is -2.18. The first kappa shape index (κ1) is 18.7. The van der Waals surface area contributed by atoms with Crippen LogP contribution in [-0.4, -0.2) is 51.0 Å². The summed E-state index contributed by atoms with van der Waals surface area (Å²) in [6.45, 7) is 4.13. The largest absolute Gasteiger partial charge is 0.376 e. The smallest absolute Gasteiger partial charge is 0.267 e. The number of aliphatic hydroxyl groups is 1. The van der Waals surface area contributed by atoms with Gasteiger partial charge < -0.3 is 15.7 Å². The van der Waals surface area contributed by atoms with Crippen molar-refractivity contribution in [2.45, 2.75) is 25.9 Å². The number of primary amides is 1. The lowest BCUT2D eigenvalue weighted by molar-refractivity contribution is -0.138. The minimum absolute atomic E-state index is 0.157. The summed E-state index contributed by atoms with van der Waals surface area (Å²) in [6.07, 6.45) is 1.96. The van der Waals surface area contributed by atoms with Gasteiger partial charge in [0.15, 0.2) is 11.4 Å². The zero-order chi connectivity index (χ0) is 19.8. The maximum atomic E-state index is 12.2. The molecule has 0 bridgehead atoms. The summed E-state index contributed by atoms with van der Waals surface area (Å²) >= 11 is 0. The van der Waals surface area contributed by atoms with Crippen molar-refractivity contribution in [1.29, 1.82) is 0 Å². The SMILES string of the molecule is CC(=CC1(O)CCN(C)C1=O)c1cccc(-c2nc(C)cc(C(N)=O)n2)c1. The fourth-order valence-corrected chi connectivity index (χ4v) is 3.18. The molecule has 0 saturated carbocycles. The van der Waals surface area contributed by atoms with Gasteiger partial charge in [0.25, 0.3) is 11.8 Å². The molecule has 3 N–H and O–H groups in total. The van der Waals surface area contributed by atoms with Gasteiger partial charge in [0.05, 0.1) is 0 Å². The van der Waals surface area contributed by atoms with E-state index in [1.165, 1.54) is 4.90 Å². The number of rotatable bonds is 4. The second-order valence-corrected chi connectivity index (χ2v) is 6.89. The van der Waals surface area contributed by atoms with Gasteiger partial charge in [-0.3, -0.25) is 9.59 Å². The molecule has 1 fully saturated rings.